The van der Waals surface area contributed by atoms with Crippen LogP contribution in [0.1, 0.15) is 22.0 Å². The molecule has 2 heterocycles. The molecule has 0 spiro atoms. The number of tetrazole rings is 1. The first-order chi connectivity index (χ1) is 14.0. The van der Waals surface area contributed by atoms with E-state index < -0.39 is 17.8 Å². The van der Waals surface area contributed by atoms with Gasteiger partial charge >= 0.3 is 5.97 Å². The fraction of sp³-hybridized carbons (Fsp3) is 0.105. The highest BCUT2D eigenvalue weighted by molar-refractivity contribution is 6.35. The molecule has 0 bridgehead atoms. The Morgan fingerprint density at radius 3 is 2.59 bits per heavy atom. The lowest BCUT2D eigenvalue weighted by Crippen LogP contribution is -2.31. The van der Waals surface area contributed by atoms with Gasteiger partial charge in [-0.1, -0.05) is 64.7 Å². The van der Waals surface area contributed by atoms with Crippen molar-refractivity contribution in [1.82, 2.24) is 20.2 Å². The smallest absolute Gasteiger partial charge is 0.357 e. The summed E-state index contributed by atoms with van der Waals surface area (Å²) in [5, 5.41) is 15.1. The molecule has 0 saturated carbocycles. The number of nitrogens with zero attached hydrogens (tertiary/aromatic N) is 4. The maximum absolute atomic E-state index is 13.5. The number of ether oxygens (including phenoxy) is 1. The molecule has 8 nitrogen and oxygen atoms in total. The number of benzene rings is 2. The molecule has 2 aromatic carbocycles. The van der Waals surface area contributed by atoms with Crippen molar-refractivity contribution in [3.05, 3.63) is 75.3 Å². The average Bonchev–Trinajstić information content (AvgIpc) is 3.20. The Balaban J connectivity index is 1.99. The van der Waals surface area contributed by atoms with E-state index in [1.54, 1.807) is 48.5 Å². The number of esters is 1. The van der Waals surface area contributed by atoms with E-state index in [-0.39, 0.29) is 17.2 Å². The summed E-state index contributed by atoms with van der Waals surface area (Å²) in [6.45, 7) is 0. The van der Waals surface area contributed by atoms with Crippen molar-refractivity contribution < 1.29 is 14.3 Å². The number of rotatable bonds is 4. The summed E-state index contributed by atoms with van der Waals surface area (Å²) in [5.41, 5.74) is 0.937. The zero-order chi connectivity index (χ0) is 20.5. The Kier molecular flexibility index (Phi) is 5.04. The van der Waals surface area contributed by atoms with Gasteiger partial charge in [0, 0.05) is 15.6 Å². The summed E-state index contributed by atoms with van der Waals surface area (Å²) in [6, 6.07) is 12.6. The number of methoxy groups -OCH3 is 1. The van der Waals surface area contributed by atoms with E-state index in [0.29, 0.717) is 21.2 Å². The summed E-state index contributed by atoms with van der Waals surface area (Å²) < 4.78 is 6.06. The van der Waals surface area contributed by atoms with Crippen molar-refractivity contribution in [2.24, 2.45) is 0 Å². The average molecular weight is 430 g/mol. The molecule has 0 aliphatic carbocycles. The topological polar surface area (TPSA) is 99.0 Å². The normalized spacial score (nSPS) is 15.5. The van der Waals surface area contributed by atoms with Gasteiger partial charge in [-0.25, -0.2) is 4.79 Å². The van der Waals surface area contributed by atoms with Gasteiger partial charge in [-0.2, -0.15) is 4.68 Å². The van der Waals surface area contributed by atoms with Crippen molar-refractivity contribution in [2.75, 3.05) is 12.4 Å². The predicted octanol–water partition coefficient (Wildman–Crippen LogP) is 3.41. The first kappa shape index (κ1) is 19.1. The minimum absolute atomic E-state index is 0.0869. The van der Waals surface area contributed by atoms with Crippen LogP contribution >= 0.6 is 23.2 Å². The van der Waals surface area contributed by atoms with Crippen molar-refractivity contribution in [2.45, 2.75) is 6.04 Å². The maximum atomic E-state index is 13.5. The Bertz CT molecular complexity index is 1140. The summed E-state index contributed by atoms with van der Waals surface area (Å²) >= 11 is 12.4. The molecule has 0 amide bonds. The molecule has 3 aromatic rings. The van der Waals surface area contributed by atoms with Gasteiger partial charge < -0.3 is 10.1 Å². The Labute approximate surface area is 175 Å². The quantitative estimate of drug-likeness (QED) is 0.500. The van der Waals surface area contributed by atoms with Crippen LogP contribution in [-0.2, 0) is 9.53 Å². The number of carbonyl (C=O) groups is 2. The van der Waals surface area contributed by atoms with Crippen molar-refractivity contribution in [3.8, 4) is 0 Å². The third kappa shape index (κ3) is 3.37. The Morgan fingerprint density at radius 2 is 1.90 bits per heavy atom. The third-order valence-corrected chi connectivity index (χ3v) is 4.99. The molecule has 4 rings (SSSR count). The first-order valence-electron chi connectivity index (χ1n) is 8.43. The van der Waals surface area contributed by atoms with Crippen LogP contribution < -0.4 is 5.32 Å². The number of hydrogen-bond acceptors (Lipinski definition) is 7. The van der Waals surface area contributed by atoms with E-state index in [4.69, 9.17) is 27.9 Å². The van der Waals surface area contributed by atoms with Gasteiger partial charge in [-0.15, -0.1) is 0 Å². The summed E-state index contributed by atoms with van der Waals surface area (Å²) in [6.07, 6.45) is 0. The number of fused-ring (bicyclic) bond motifs is 1. The number of ketones is 1. The highest BCUT2D eigenvalue weighted by Gasteiger charge is 2.38. The SMILES string of the molecule is COC(=O)C1=C(C(=O)c2ccccc2)[C@@H](c2ccc(Cl)cc2Cl)Nc2nnnn21. The number of anilines is 1. The van der Waals surface area contributed by atoms with Crippen LogP contribution in [0.25, 0.3) is 5.70 Å². The monoisotopic (exact) mass is 429 g/mol. The van der Waals surface area contributed by atoms with Gasteiger partial charge in [0.25, 0.3) is 0 Å². The fourth-order valence-corrected chi connectivity index (χ4v) is 3.64. The van der Waals surface area contributed by atoms with Crippen LogP contribution in [-0.4, -0.2) is 39.1 Å². The number of halogens is 2. The lowest BCUT2D eigenvalue weighted by molar-refractivity contribution is -0.134. The van der Waals surface area contributed by atoms with Crippen LogP contribution in [0.2, 0.25) is 10.0 Å². The maximum Gasteiger partial charge on any atom is 0.357 e. The molecule has 0 radical (unpaired) electrons. The van der Waals surface area contributed by atoms with Crippen molar-refractivity contribution in [1.29, 1.82) is 0 Å². The van der Waals surface area contributed by atoms with E-state index in [1.807, 2.05) is 0 Å². The minimum atomic E-state index is -0.805. The Morgan fingerprint density at radius 1 is 1.14 bits per heavy atom. The molecule has 146 valence electrons. The summed E-state index contributed by atoms with van der Waals surface area (Å²) in [4.78, 5) is 26.1. The fourth-order valence-electron chi connectivity index (χ4n) is 3.13. The molecule has 0 saturated heterocycles. The molecule has 0 unspecified atom stereocenters. The van der Waals surface area contributed by atoms with E-state index in [0.717, 1.165) is 4.68 Å². The number of hydrogen-bond donors (Lipinski definition) is 1. The van der Waals surface area contributed by atoms with Crippen molar-refractivity contribution >= 4 is 46.6 Å². The van der Waals surface area contributed by atoms with Gasteiger partial charge in [0.05, 0.1) is 18.7 Å². The molecule has 1 atom stereocenters. The largest absolute Gasteiger partial charge is 0.464 e. The molecule has 1 aliphatic heterocycles. The number of carbonyl (C=O) groups excluding carboxylic acids is 2. The second-order valence-corrected chi connectivity index (χ2v) is 6.95. The van der Waals surface area contributed by atoms with E-state index >= 15 is 0 Å². The van der Waals surface area contributed by atoms with Crippen molar-refractivity contribution in [3.63, 3.8) is 0 Å². The lowest BCUT2D eigenvalue weighted by Gasteiger charge is -2.28. The van der Waals surface area contributed by atoms with Crippen LogP contribution in [0.3, 0.4) is 0 Å². The van der Waals surface area contributed by atoms with E-state index in [9.17, 15) is 9.59 Å². The number of nitrogens with one attached hydrogen (secondary N) is 1. The first-order valence-corrected chi connectivity index (χ1v) is 9.19. The standard InChI is InChI=1S/C19H13Cl2N5O3/c1-29-18(28)16-14(17(27)10-5-3-2-4-6-10)15(22-19-23-24-25-26(16)19)12-8-7-11(20)9-13(12)21/h2-9,15H,1H3,(H,22,23,25)/t15-/m1/s1. The molecule has 29 heavy (non-hydrogen) atoms. The van der Waals surface area contributed by atoms with Gasteiger partial charge in [0.2, 0.25) is 5.95 Å². The molecule has 1 aliphatic rings. The molecule has 0 fully saturated rings. The lowest BCUT2D eigenvalue weighted by atomic mass is 9.89. The van der Waals surface area contributed by atoms with Crippen LogP contribution in [0.15, 0.2) is 54.1 Å². The third-order valence-electron chi connectivity index (χ3n) is 4.43. The molecule has 1 aromatic heterocycles. The second kappa shape index (κ2) is 7.65. The summed E-state index contributed by atoms with van der Waals surface area (Å²) in [5.74, 6) is -0.976. The summed E-state index contributed by atoms with van der Waals surface area (Å²) in [7, 11) is 1.22. The second-order valence-electron chi connectivity index (χ2n) is 6.11. The van der Waals surface area contributed by atoms with Gasteiger partial charge in [-0.3, -0.25) is 4.79 Å². The molecule has 1 N–H and O–H groups in total. The van der Waals surface area contributed by atoms with Crippen LogP contribution in [0, 0.1) is 0 Å². The van der Waals surface area contributed by atoms with Crippen LogP contribution in [0.4, 0.5) is 5.95 Å². The molecule has 10 heteroatoms. The highest BCUT2D eigenvalue weighted by atomic mass is 35.5. The number of Topliss-reactive ketones (excluding diaryl/α,β-unsaturated/α-hetero) is 1. The van der Waals surface area contributed by atoms with Gasteiger partial charge in [0.15, 0.2) is 11.5 Å². The van der Waals surface area contributed by atoms with E-state index in [1.165, 1.54) is 7.11 Å². The Hall–Kier alpha value is -3.23. The van der Waals surface area contributed by atoms with E-state index in [2.05, 4.69) is 20.8 Å². The number of aromatic nitrogens is 4. The zero-order valence-electron chi connectivity index (χ0n) is 15.0. The minimum Gasteiger partial charge on any atom is -0.464 e. The van der Waals surface area contributed by atoms with Crippen LogP contribution in [0.5, 0.6) is 0 Å². The molecular weight excluding hydrogens is 417 g/mol. The molecular formula is C19H13Cl2N5O3. The zero-order valence-corrected chi connectivity index (χ0v) is 16.5. The highest BCUT2D eigenvalue weighted by Crippen LogP contribution is 2.40. The predicted molar refractivity (Wildman–Crippen MR) is 107 cm³/mol. The van der Waals surface area contributed by atoms with Gasteiger partial charge in [0.1, 0.15) is 0 Å². The van der Waals surface area contributed by atoms with Gasteiger partial charge in [-0.05, 0) is 28.1 Å².